The number of carbonyl (C=O) groups is 2. The second kappa shape index (κ2) is 7.27. The van der Waals surface area contributed by atoms with Gasteiger partial charge in [-0.15, -0.1) is 0 Å². The van der Waals surface area contributed by atoms with E-state index < -0.39 is 35.8 Å². The summed E-state index contributed by atoms with van der Waals surface area (Å²) in [5.74, 6) is -0.899. The predicted molar refractivity (Wildman–Crippen MR) is 87.7 cm³/mol. The molecule has 0 radical (unpaired) electrons. The highest BCUT2D eigenvalue weighted by molar-refractivity contribution is 9.10. The van der Waals surface area contributed by atoms with Gasteiger partial charge in [-0.2, -0.15) is 0 Å². The van der Waals surface area contributed by atoms with Crippen LogP contribution in [-0.2, 0) is 9.47 Å². The van der Waals surface area contributed by atoms with E-state index in [1.54, 1.807) is 20.8 Å². The molecule has 10 heteroatoms. The number of esters is 1. The highest BCUT2D eigenvalue weighted by Gasteiger charge is 2.36. The predicted octanol–water partition coefficient (Wildman–Crippen LogP) is 3.55. The molecule has 1 unspecified atom stereocenters. The Labute approximate surface area is 152 Å². The van der Waals surface area contributed by atoms with Gasteiger partial charge >= 0.3 is 12.1 Å². The third kappa shape index (κ3) is 4.28. The summed E-state index contributed by atoms with van der Waals surface area (Å²) in [7, 11) is 1.12. The Morgan fingerprint density at radius 2 is 2.00 bits per heavy atom. The molecule has 1 atom stereocenters. The monoisotopic (exact) mass is 423 g/mol. The molecule has 0 N–H and O–H groups in total. The summed E-state index contributed by atoms with van der Waals surface area (Å²) in [6.45, 7) is 5.88. The van der Waals surface area contributed by atoms with Crippen LogP contribution >= 0.6 is 15.9 Å². The summed E-state index contributed by atoms with van der Waals surface area (Å²) >= 11 is 3.13. The van der Waals surface area contributed by atoms with Crippen molar-refractivity contribution in [2.75, 3.05) is 20.2 Å². The van der Waals surface area contributed by atoms with Gasteiger partial charge in [0.1, 0.15) is 11.3 Å². The maximum atomic E-state index is 13.2. The minimum atomic E-state index is -2.92. The maximum Gasteiger partial charge on any atom is 0.410 e. The lowest BCUT2D eigenvalue weighted by atomic mass is 10.2. The molecular formula is C15H20BrF2N3O4. The Morgan fingerprint density at radius 1 is 1.36 bits per heavy atom. The van der Waals surface area contributed by atoms with E-state index >= 15 is 0 Å². The van der Waals surface area contributed by atoms with Crippen molar-refractivity contribution in [3.05, 3.63) is 16.1 Å². The molecule has 0 aliphatic carbocycles. The zero-order chi connectivity index (χ0) is 18.9. The second-order valence-corrected chi connectivity index (χ2v) is 7.36. The van der Waals surface area contributed by atoms with Gasteiger partial charge in [-0.05, 0) is 43.1 Å². The van der Waals surface area contributed by atoms with Gasteiger partial charge in [0.2, 0.25) is 0 Å². The number of amides is 1. The quantitative estimate of drug-likeness (QED) is 0.694. The Morgan fingerprint density at radius 3 is 2.52 bits per heavy atom. The average molecular weight is 424 g/mol. The van der Waals surface area contributed by atoms with Gasteiger partial charge in [-0.25, -0.2) is 23.4 Å². The molecule has 1 aliphatic heterocycles. The van der Waals surface area contributed by atoms with Crippen molar-refractivity contribution in [1.82, 2.24) is 14.5 Å². The number of nitrogens with zero attached hydrogens (tertiary/aromatic N) is 3. The van der Waals surface area contributed by atoms with Crippen LogP contribution in [0.4, 0.5) is 13.6 Å². The number of methoxy groups -OCH3 is 1. The van der Waals surface area contributed by atoms with Gasteiger partial charge in [-0.3, -0.25) is 0 Å². The average Bonchev–Trinajstić information content (AvgIpc) is 3.08. The van der Waals surface area contributed by atoms with E-state index in [1.165, 1.54) is 9.47 Å². The van der Waals surface area contributed by atoms with Gasteiger partial charge in [0.25, 0.3) is 6.43 Å². The molecule has 2 rings (SSSR count). The first-order valence-electron chi connectivity index (χ1n) is 7.67. The lowest BCUT2D eigenvalue weighted by Gasteiger charge is -2.24. The van der Waals surface area contributed by atoms with Crippen molar-refractivity contribution in [3.8, 4) is 0 Å². The highest BCUT2D eigenvalue weighted by atomic mass is 79.9. The first-order valence-corrected chi connectivity index (χ1v) is 8.46. The number of hydrogen-bond acceptors (Lipinski definition) is 5. The molecule has 7 nitrogen and oxygen atoms in total. The molecule has 0 bridgehead atoms. The molecule has 1 saturated heterocycles. The number of aromatic nitrogens is 2. The van der Waals surface area contributed by atoms with Crippen LogP contribution in [0.5, 0.6) is 0 Å². The zero-order valence-corrected chi connectivity index (χ0v) is 16.0. The minimum Gasteiger partial charge on any atom is -0.464 e. The second-order valence-electron chi connectivity index (χ2n) is 6.65. The molecule has 1 fully saturated rings. The summed E-state index contributed by atoms with van der Waals surface area (Å²) in [5.41, 5.74) is -1.58. The molecule has 1 aliphatic rings. The van der Waals surface area contributed by atoms with E-state index in [9.17, 15) is 18.4 Å². The number of hydrogen-bond donors (Lipinski definition) is 0. The number of ether oxygens (including phenoxy) is 2. The summed E-state index contributed by atoms with van der Waals surface area (Å²) < 4.78 is 37.8. The lowest BCUT2D eigenvalue weighted by Crippen LogP contribution is -2.35. The number of imidazole rings is 1. The summed E-state index contributed by atoms with van der Waals surface area (Å²) in [6.07, 6.45) is -2.93. The fourth-order valence-corrected chi connectivity index (χ4v) is 3.31. The molecule has 140 valence electrons. The third-order valence-corrected chi connectivity index (χ3v) is 4.22. The van der Waals surface area contributed by atoms with E-state index in [-0.39, 0.29) is 17.0 Å². The number of rotatable bonds is 3. The Kier molecular flexibility index (Phi) is 5.70. The van der Waals surface area contributed by atoms with Crippen molar-refractivity contribution in [3.63, 3.8) is 0 Å². The van der Waals surface area contributed by atoms with Gasteiger partial charge in [-0.1, -0.05) is 0 Å². The van der Waals surface area contributed by atoms with E-state index in [0.717, 1.165) is 7.11 Å². The maximum absolute atomic E-state index is 13.2. The molecule has 0 spiro atoms. The van der Waals surface area contributed by atoms with Crippen LogP contribution < -0.4 is 0 Å². The van der Waals surface area contributed by atoms with E-state index in [0.29, 0.717) is 13.0 Å². The fourth-order valence-electron chi connectivity index (χ4n) is 2.65. The van der Waals surface area contributed by atoms with Crippen LogP contribution in [0.15, 0.2) is 4.73 Å². The number of alkyl halides is 2. The largest absolute Gasteiger partial charge is 0.464 e. The first kappa shape index (κ1) is 19.6. The van der Waals surface area contributed by atoms with Gasteiger partial charge in [0, 0.05) is 13.1 Å². The van der Waals surface area contributed by atoms with E-state index in [4.69, 9.17) is 4.74 Å². The summed E-state index contributed by atoms with van der Waals surface area (Å²) in [5, 5.41) is 0. The third-order valence-electron chi connectivity index (χ3n) is 3.66. The van der Waals surface area contributed by atoms with Crippen molar-refractivity contribution in [1.29, 1.82) is 0 Å². The summed E-state index contributed by atoms with van der Waals surface area (Å²) in [6, 6.07) is -0.393. The molecule has 2 heterocycles. The highest BCUT2D eigenvalue weighted by Crippen LogP contribution is 2.33. The normalized spacial score (nSPS) is 17.9. The molecule has 1 amide bonds. The molecular weight excluding hydrogens is 404 g/mol. The standard InChI is InChI=1S/C15H20BrF2N3O4/c1-15(2,3)25-14(23)20-6-5-8(7-20)21-10(12(22)24-4)9(11(17)18)19-13(21)16/h8,11H,5-7H2,1-4H3. The van der Waals surface area contributed by atoms with Crippen molar-refractivity contribution in [2.45, 2.75) is 45.3 Å². The fraction of sp³-hybridized carbons (Fsp3) is 0.667. The smallest absolute Gasteiger partial charge is 0.410 e. The molecule has 0 saturated carbocycles. The minimum absolute atomic E-state index is 0.0965. The Hall–Kier alpha value is -1.71. The molecule has 25 heavy (non-hydrogen) atoms. The number of likely N-dealkylation sites (tertiary alicyclic amines) is 1. The number of carbonyl (C=O) groups excluding carboxylic acids is 2. The van der Waals surface area contributed by atoms with Crippen LogP contribution in [0.3, 0.4) is 0 Å². The zero-order valence-electron chi connectivity index (χ0n) is 14.4. The Balaban J connectivity index is 2.28. The van der Waals surface area contributed by atoms with Crippen LogP contribution in [0, 0.1) is 0 Å². The SMILES string of the molecule is COC(=O)c1c(C(F)F)nc(Br)n1C1CCN(C(=O)OC(C)(C)C)C1. The molecule has 1 aromatic heterocycles. The summed E-state index contributed by atoms with van der Waals surface area (Å²) in [4.78, 5) is 29.4. The van der Waals surface area contributed by atoms with Gasteiger partial charge in [0.05, 0.1) is 13.2 Å². The van der Waals surface area contributed by atoms with E-state index in [2.05, 4.69) is 25.7 Å². The molecule has 1 aromatic rings. The van der Waals surface area contributed by atoms with Crippen LogP contribution in [0.2, 0.25) is 0 Å². The van der Waals surface area contributed by atoms with Crippen molar-refractivity contribution in [2.24, 2.45) is 0 Å². The first-order chi connectivity index (χ1) is 11.5. The van der Waals surface area contributed by atoms with Crippen LogP contribution in [-0.4, -0.2) is 52.3 Å². The Bertz CT molecular complexity index is 672. The lowest BCUT2D eigenvalue weighted by molar-refractivity contribution is 0.0288. The van der Waals surface area contributed by atoms with Gasteiger partial charge < -0.3 is 18.9 Å². The van der Waals surface area contributed by atoms with Crippen LogP contribution in [0.1, 0.15) is 55.8 Å². The molecule has 0 aromatic carbocycles. The van der Waals surface area contributed by atoms with Crippen molar-refractivity contribution >= 4 is 28.0 Å². The van der Waals surface area contributed by atoms with Crippen molar-refractivity contribution < 1.29 is 27.8 Å². The van der Waals surface area contributed by atoms with Gasteiger partial charge in [0.15, 0.2) is 10.4 Å². The number of halogens is 3. The van der Waals surface area contributed by atoms with Crippen LogP contribution in [0.25, 0.3) is 0 Å². The van der Waals surface area contributed by atoms with E-state index in [1.807, 2.05) is 0 Å². The topological polar surface area (TPSA) is 73.7 Å².